The quantitative estimate of drug-likeness (QED) is 0.791. The van der Waals surface area contributed by atoms with E-state index < -0.39 is 0 Å². The monoisotopic (exact) mass is 395 g/mol. The third kappa shape index (κ3) is 5.09. The molecule has 4 amide bonds. The zero-order chi connectivity index (χ0) is 19.4. The van der Waals surface area contributed by atoms with Crippen LogP contribution in [0.2, 0.25) is 0 Å². The van der Waals surface area contributed by atoms with Gasteiger partial charge in [0.2, 0.25) is 0 Å². The molecule has 2 aliphatic rings. The lowest BCUT2D eigenvalue weighted by atomic mass is 9.93. The normalized spacial score (nSPS) is 19.0. The molecule has 2 saturated heterocycles. The van der Waals surface area contributed by atoms with Crippen LogP contribution in [0.15, 0.2) is 10.6 Å². The molecule has 27 heavy (non-hydrogen) atoms. The number of anilines is 1. The molecule has 0 aromatic carbocycles. The zero-order valence-electron chi connectivity index (χ0n) is 16.4. The van der Waals surface area contributed by atoms with E-state index in [4.69, 9.17) is 4.52 Å². The van der Waals surface area contributed by atoms with Gasteiger partial charge in [-0.3, -0.25) is 5.32 Å². The molecule has 1 aromatic rings. The molecule has 0 saturated carbocycles. The number of aromatic nitrogens is 1. The minimum absolute atomic E-state index is 0.101. The van der Waals surface area contributed by atoms with Crippen molar-refractivity contribution in [1.82, 2.24) is 19.9 Å². The van der Waals surface area contributed by atoms with Gasteiger partial charge in [0.05, 0.1) is 0 Å². The average molecular weight is 396 g/mol. The zero-order valence-corrected chi connectivity index (χ0v) is 17.2. The Hall–Kier alpha value is -1.90. The summed E-state index contributed by atoms with van der Waals surface area (Å²) in [6.45, 7) is 10.1. The predicted molar refractivity (Wildman–Crippen MR) is 106 cm³/mol. The lowest BCUT2D eigenvalue weighted by Gasteiger charge is -2.32. The van der Waals surface area contributed by atoms with E-state index >= 15 is 0 Å². The largest absolute Gasteiger partial charge is 0.359 e. The van der Waals surface area contributed by atoms with Crippen LogP contribution in [0, 0.1) is 0 Å². The molecule has 150 valence electrons. The Morgan fingerprint density at radius 1 is 1.04 bits per heavy atom. The van der Waals surface area contributed by atoms with E-state index in [1.165, 1.54) is 0 Å². The number of nitrogens with one attached hydrogen (secondary N) is 1. The molecule has 3 heterocycles. The number of carbonyl (C=O) groups is 2. The molecule has 0 unspecified atom stereocenters. The van der Waals surface area contributed by atoms with Crippen molar-refractivity contribution in [3.05, 3.63) is 11.8 Å². The number of urea groups is 2. The van der Waals surface area contributed by atoms with E-state index in [0.717, 1.165) is 36.8 Å². The molecular formula is C18H29N5O3S. The minimum Gasteiger partial charge on any atom is -0.359 e. The van der Waals surface area contributed by atoms with Crippen LogP contribution in [-0.2, 0) is 5.41 Å². The Balaban J connectivity index is 1.53. The van der Waals surface area contributed by atoms with Crippen LogP contribution >= 0.6 is 11.8 Å². The van der Waals surface area contributed by atoms with Gasteiger partial charge in [0, 0.05) is 62.3 Å². The third-order valence-corrected chi connectivity index (χ3v) is 5.76. The third-order valence-electron chi connectivity index (χ3n) is 4.82. The van der Waals surface area contributed by atoms with Crippen molar-refractivity contribution in [2.75, 3.05) is 56.1 Å². The van der Waals surface area contributed by atoms with Crippen molar-refractivity contribution in [3.63, 3.8) is 0 Å². The summed E-state index contributed by atoms with van der Waals surface area (Å²) in [5.74, 6) is 3.16. The molecule has 0 bridgehead atoms. The van der Waals surface area contributed by atoms with Crippen molar-refractivity contribution in [3.8, 4) is 0 Å². The van der Waals surface area contributed by atoms with Crippen molar-refractivity contribution in [2.24, 2.45) is 0 Å². The number of thioether (sulfide) groups is 1. The molecule has 2 fully saturated rings. The highest BCUT2D eigenvalue weighted by Crippen LogP contribution is 2.24. The van der Waals surface area contributed by atoms with Crippen LogP contribution in [0.25, 0.3) is 0 Å². The number of hydrogen-bond acceptors (Lipinski definition) is 5. The molecule has 0 radical (unpaired) electrons. The fourth-order valence-electron chi connectivity index (χ4n) is 3.14. The molecule has 9 heteroatoms. The highest BCUT2D eigenvalue weighted by atomic mass is 32.2. The number of rotatable bonds is 1. The van der Waals surface area contributed by atoms with Crippen molar-refractivity contribution in [1.29, 1.82) is 0 Å². The molecule has 0 aliphatic carbocycles. The Morgan fingerprint density at radius 2 is 1.67 bits per heavy atom. The second-order valence-electron chi connectivity index (χ2n) is 7.97. The first-order valence-electron chi connectivity index (χ1n) is 9.49. The van der Waals surface area contributed by atoms with Crippen LogP contribution < -0.4 is 5.32 Å². The Labute approximate surface area is 164 Å². The van der Waals surface area contributed by atoms with Crippen LogP contribution in [0.5, 0.6) is 0 Å². The van der Waals surface area contributed by atoms with Crippen LogP contribution in [-0.4, -0.2) is 82.7 Å². The molecule has 3 rings (SSSR count). The highest BCUT2D eigenvalue weighted by Gasteiger charge is 2.27. The van der Waals surface area contributed by atoms with E-state index in [2.05, 4.69) is 10.5 Å². The van der Waals surface area contributed by atoms with Gasteiger partial charge in [0.1, 0.15) is 5.76 Å². The van der Waals surface area contributed by atoms with E-state index in [1.807, 2.05) is 42.3 Å². The van der Waals surface area contributed by atoms with Gasteiger partial charge in [-0.25, -0.2) is 9.59 Å². The lowest BCUT2D eigenvalue weighted by molar-refractivity contribution is 0.158. The summed E-state index contributed by atoms with van der Waals surface area (Å²) < 4.78 is 5.31. The summed E-state index contributed by atoms with van der Waals surface area (Å²) in [4.78, 5) is 30.8. The van der Waals surface area contributed by atoms with Crippen LogP contribution in [0.3, 0.4) is 0 Å². The van der Waals surface area contributed by atoms with Crippen LogP contribution in [0.1, 0.15) is 33.0 Å². The number of nitrogens with zero attached hydrogens (tertiary/aromatic N) is 4. The summed E-state index contributed by atoms with van der Waals surface area (Å²) in [5.41, 5.74) is -0.160. The molecule has 8 nitrogen and oxygen atoms in total. The highest BCUT2D eigenvalue weighted by molar-refractivity contribution is 7.99. The first kappa shape index (κ1) is 19.9. The van der Waals surface area contributed by atoms with E-state index in [0.29, 0.717) is 32.0 Å². The molecule has 0 spiro atoms. The minimum atomic E-state index is -0.201. The molecule has 0 atom stereocenters. The second kappa shape index (κ2) is 8.41. The van der Waals surface area contributed by atoms with Gasteiger partial charge >= 0.3 is 12.1 Å². The van der Waals surface area contributed by atoms with Crippen LogP contribution in [0.4, 0.5) is 15.4 Å². The van der Waals surface area contributed by atoms with Gasteiger partial charge < -0.3 is 19.2 Å². The Morgan fingerprint density at radius 3 is 2.33 bits per heavy atom. The predicted octanol–water partition coefficient (Wildman–Crippen LogP) is 2.68. The van der Waals surface area contributed by atoms with E-state index in [-0.39, 0.29) is 17.5 Å². The number of hydrogen-bond donors (Lipinski definition) is 1. The lowest BCUT2D eigenvalue weighted by Crippen LogP contribution is -2.48. The smallest absolute Gasteiger partial charge is 0.323 e. The van der Waals surface area contributed by atoms with Crippen molar-refractivity contribution >= 4 is 29.6 Å². The van der Waals surface area contributed by atoms with Gasteiger partial charge in [0.25, 0.3) is 0 Å². The fourth-order valence-corrected chi connectivity index (χ4v) is 4.05. The molecule has 2 aliphatic heterocycles. The van der Waals surface area contributed by atoms with Gasteiger partial charge in [-0.2, -0.15) is 11.8 Å². The summed E-state index contributed by atoms with van der Waals surface area (Å²) in [5, 5.41) is 6.74. The number of amides is 4. The molecule has 1 N–H and O–H groups in total. The maximum atomic E-state index is 12.7. The SMILES string of the molecule is CC(C)(C)c1cc(NC(=O)N2CCCN(C(=O)N3CCSCC3)CC2)no1. The van der Waals surface area contributed by atoms with Crippen molar-refractivity contribution in [2.45, 2.75) is 32.6 Å². The summed E-state index contributed by atoms with van der Waals surface area (Å²) >= 11 is 1.89. The first-order chi connectivity index (χ1) is 12.8. The maximum absolute atomic E-state index is 12.7. The molecule has 1 aromatic heterocycles. The summed E-state index contributed by atoms with van der Waals surface area (Å²) in [6, 6.07) is 1.66. The van der Waals surface area contributed by atoms with E-state index in [1.54, 1.807) is 11.0 Å². The summed E-state index contributed by atoms with van der Waals surface area (Å²) in [6.07, 6.45) is 0.772. The van der Waals surface area contributed by atoms with E-state index in [9.17, 15) is 9.59 Å². The topological polar surface area (TPSA) is 81.9 Å². The fraction of sp³-hybridized carbons (Fsp3) is 0.722. The van der Waals surface area contributed by atoms with Gasteiger partial charge in [0.15, 0.2) is 5.82 Å². The maximum Gasteiger partial charge on any atom is 0.323 e. The standard InChI is InChI=1S/C18H29N5O3S/c1-18(2,3)14-13-15(20-26-14)19-16(24)21-5-4-6-22(8-7-21)17(25)23-9-11-27-12-10-23/h13H,4-12H2,1-3H3,(H,19,20,24). The Kier molecular flexibility index (Phi) is 6.18. The van der Waals surface area contributed by atoms with Crippen molar-refractivity contribution < 1.29 is 14.1 Å². The first-order valence-corrected chi connectivity index (χ1v) is 10.6. The molecular weight excluding hydrogens is 366 g/mol. The average Bonchev–Trinajstić information content (AvgIpc) is 2.98. The van der Waals surface area contributed by atoms with Gasteiger partial charge in [-0.1, -0.05) is 25.9 Å². The number of carbonyl (C=O) groups excluding carboxylic acids is 2. The Bertz CT molecular complexity index is 666. The summed E-state index contributed by atoms with van der Waals surface area (Å²) in [7, 11) is 0. The second-order valence-corrected chi connectivity index (χ2v) is 9.19. The van der Waals surface area contributed by atoms with Gasteiger partial charge in [-0.05, 0) is 6.42 Å². The van der Waals surface area contributed by atoms with Gasteiger partial charge in [-0.15, -0.1) is 0 Å².